The highest BCUT2D eigenvalue weighted by Gasteiger charge is 2.21. The molecule has 14 heavy (non-hydrogen) atoms. The minimum atomic E-state index is -0.460. The summed E-state index contributed by atoms with van der Waals surface area (Å²) in [7, 11) is 0. The van der Waals surface area contributed by atoms with Gasteiger partial charge in [-0.25, -0.2) is 0 Å². The van der Waals surface area contributed by atoms with Gasteiger partial charge in [0.15, 0.2) is 0 Å². The van der Waals surface area contributed by atoms with Gasteiger partial charge in [0.2, 0.25) is 12.3 Å². The summed E-state index contributed by atoms with van der Waals surface area (Å²) in [4.78, 5) is 23.3. The van der Waals surface area contributed by atoms with E-state index >= 15 is 0 Å². The summed E-state index contributed by atoms with van der Waals surface area (Å²) in [6.45, 7) is 3.80. The van der Waals surface area contributed by atoms with Crippen molar-refractivity contribution in [2.45, 2.75) is 19.4 Å². The van der Waals surface area contributed by atoms with Crippen LogP contribution in [0.5, 0.6) is 0 Å². The Morgan fingerprint density at radius 1 is 1.79 bits per heavy atom. The van der Waals surface area contributed by atoms with Crippen LogP contribution in [0.2, 0.25) is 0 Å². The third-order valence-electron chi connectivity index (χ3n) is 2.44. The first-order valence-corrected chi connectivity index (χ1v) is 4.86. The van der Waals surface area contributed by atoms with E-state index in [2.05, 4.69) is 5.32 Å². The molecule has 1 rings (SSSR count). The maximum absolute atomic E-state index is 11.1. The first-order chi connectivity index (χ1) is 6.63. The molecule has 0 aromatic rings. The Labute approximate surface area is 83.6 Å². The van der Waals surface area contributed by atoms with E-state index < -0.39 is 6.04 Å². The SMILES string of the molecule is CC(N)C(=O)NCC1CCN(C=O)C1. The Bertz CT molecular complexity index is 218. The Kier molecular flexibility index (Phi) is 3.88. The maximum Gasteiger partial charge on any atom is 0.236 e. The Morgan fingerprint density at radius 3 is 3.00 bits per heavy atom. The van der Waals surface area contributed by atoms with Gasteiger partial charge in [0.25, 0.3) is 0 Å². The third kappa shape index (κ3) is 2.99. The number of rotatable bonds is 4. The van der Waals surface area contributed by atoms with Crippen molar-refractivity contribution in [3.8, 4) is 0 Å². The van der Waals surface area contributed by atoms with Crippen LogP contribution in [0.1, 0.15) is 13.3 Å². The molecule has 80 valence electrons. The normalized spacial score (nSPS) is 23.3. The number of carbonyl (C=O) groups is 2. The van der Waals surface area contributed by atoms with Crippen LogP contribution in [-0.2, 0) is 9.59 Å². The van der Waals surface area contributed by atoms with E-state index in [1.165, 1.54) is 0 Å². The van der Waals surface area contributed by atoms with Crippen molar-refractivity contribution in [2.24, 2.45) is 11.7 Å². The van der Waals surface area contributed by atoms with E-state index in [4.69, 9.17) is 5.73 Å². The molecule has 2 unspecified atom stereocenters. The average molecular weight is 199 g/mol. The summed E-state index contributed by atoms with van der Waals surface area (Å²) >= 11 is 0. The molecular weight excluding hydrogens is 182 g/mol. The highest BCUT2D eigenvalue weighted by Crippen LogP contribution is 2.12. The molecule has 1 heterocycles. The van der Waals surface area contributed by atoms with Crippen molar-refractivity contribution in [2.75, 3.05) is 19.6 Å². The molecule has 5 heteroatoms. The van der Waals surface area contributed by atoms with Gasteiger partial charge >= 0.3 is 0 Å². The van der Waals surface area contributed by atoms with Gasteiger partial charge in [0.05, 0.1) is 6.04 Å². The molecule has 0 saturated carbocycles. The second-order valence-corrected chi connectivity index (χ2v) is 3.79. The predicted octanol–water partition coefficient (Wildman–Crippen LogP) is -1.07. The predicted molar refractivity (Wildman–Crippen MR) is 52.4 cm³/mol. The standard InChI is InChI=1S/C9H17N3O2/c1-7(10)9(14)11-4-8-2-3-12(5-8)6-13/h6-8H,2-5,10H2,1H3,(H,11,14). The molecule has 1 fully saturated rings. The monoisotopic (exact) mass is 199 g/mol. The van der Waals surface area contributed by atoms with Gasteiger partial charge in [0.1, 0.15) is 0 Å². The first-order valence-electron chi connectivity index (χ1n) is 4.86. The van der Waals surface area contributed by atoms with Gasteiger partial charge in [0, 0.05) is 19.6 Å². The van der Waals surface area contributed by atoms with E-state index in [9.17, 15) is 9.59 Å². The fraction of sp³-hybridized carbons (Fsp3) is 0.778. The van der Waals surface area contributed by atoms with Crippen LogP contribution >= 0.6 is 0 Å². The number of nitrogens with one attached hydrogen (secondary N) is 1. The van der Waals surface area contributed by atoms with Gasteiger partial charge in [-0.05, 0) is 19.3 Å². The summed E-state index contributed by atoms with van der Waals surface area (Å²) in [5, 5.41) is 2.76. The van der Waals surface area contributed by atoms with Gasteiger partial charge in [-0.2, -0.15) is 0 Å². The van der Waals surface area contributed by atoms with Crippen LogP contribution in [-0.4, -0.2) is 42.9 Å². The van der Waals surface area contributed by atoms with E-state index in [0.717, 1.165) is 25.9 Å². The molecule has 5 nitrogen and oxygen atoms in total. The van der Waals surface area contributed by atoms with E-state index in [1.807, 2.05) is 0 Å². The zero-order valence-corrected chi connectivity index (χ0v) is 8.40. The smallest absolute Gasteiger partial charge is 0.236 e. The van der Waals surface area contributed by atoms with Crippen molar-refractivity contribution < 1.29 is 9.59 Å². The van der Waals surface area contributed by atoms with Crippen LogP contribution < -0.4 is 11.1 Å². The fourth-order valence-corrected chi connectivity index (χ4v) is 1.53. The Hall–Kier alpha value is -1.10. The lowest BCUT2D eigenvalue weighted by Crippen LogP contribution is -2.40. The zero-order valence-electron chi connectivity index (χ0n) is 8.40. The molecule has 0 spiro atoms. The molecule has 3 N–H and O–H groups in total. The van der Waals surface area contributed by atoms with Crippen molar-refractivity contribution in [1.29, 1.82) is 0 Å². The van der Waals surface area contributed by atoms with Crippen LogP contribution in [0, 0.1) is 5.92 Å². The van der Waals surface area contributed by atoms with Gasteiger partial charge in [-0.3, -0.25) is 9.59 Å². The number of nitrogens with zero attached hydrogens (tertiary/aromatic N) is 1. The number of hydrogen-bond acceptors (Lipinski definition) is 3. The van der Waals surface area contributed by atoms with Gasteiger partial charge in [-0.1, -0.05) is 0 Å². The van der Waals surface area contributed by atoms with Crippen LogP contribution in [0.25, 0.3) is 0 Å². The Morgan fingerprint density at radius 2 is 2.50 bits per heavy atom. The van der Waals surface area contributed by atoms with Crippen molar-refractivity contribution in [3.05, 3.63) is 0 Å². The molecule has 1 aliphatic rings. The fourth-order valence-electron chi connectivity index (χ4n) is 1.53. The number of nitrogens with two attached hydrogens (primary N) is 1. The number of carbonyl (C=O) groups excluding carboxylic acids is 2. The molecule has 0 aromatic carbocycles. The highest BCUT2D eigenvalue weighted by molar-refractivity contribution is 5.80. The summed E-state index contributed by atoms with van der Waals surface area (Å²) < 4.78 is 0. The lowest BCUT2D eigenvalue weighted by Gasteiger charge is -2.12. The van der Waals surface area contributed by atoms with Crippen LogP contribution in [0.15, 0.2) is 0 Å². The third-order valence-corrected chi connectivity index (χ3v) is 2.44. The average Bonchev–Trinajstić information content (AvgIpc) is 2.61. The van der Waals surface area contributed by atoms with Crippen molar-refractivity contribution >= 4 is 12.3 Å². The van der Waals surface area contributed by atoms with Crippen LogP contribution in [0.3, 0.4) is 0 Å². The minimum absolute atomic E-state index is 0.130. The lowest BCUT2D eigenvalue weighted by atomic mass is 10.1. The molecule has 0 radical (unpaired) electrons. The highest BCUT2D eigenvalue weighted by atomic mass is 16.2. The molecule has 0 aliphatic carbocycles. The minimum Gasteiger partial charge on any atom is -0.354 e. The summed E-state index contributed by atoms with van der Waals surface area (Å²) in [6, 6.07) is -0.460. The number of hydrogen-bond donors (Lipinski definition) is 2. The molecule has 2 amide bonds. The number of likely N-dealkylation sites (tertiary alicyclic amines) is 1. The summed E-state index contributed by atoms with van der Waals surface area (Å²) in [5.74, 6) is 0.248. The van der Waals surface area contributed by atoms with Gasteiger partial charge < -0.3 is 16.0 Å². The molecule has 0 bridgehead atoms. The van der Waals surface area contributed by atoms with E-state index in [0.29, 0.717) is 12.5 Å². The Balaban J connectivity index is 2.20. The van der Waals surface area contributed by atoms with Crippen molar-refractivity contribution in [3.63, 3.8) is 0 Å². The second-order valence-electron chi connectivity index (χ2n) is 3.79. The van der Waals surface area contributed by atoms with Gasteiger partial charge in [-0.15, -0.1) is 0 Å². The first kappa shape index (κ1) is 11.0. The maximum atomic E-state index is 11.1. The molecule has 0 aromatic heterocycles. The summed E-state index contributed by atoms with van der Waals surface area (Å²) in [5.41, 5.74) is 5.40. The zero-order chi connectivity index (χ0) is 10.6. The van der Waals surface area contributed by atoms with Crippen LogP contribution in [0.4, 0.5) is 0 Å². The largest absolute Gasteiger partial charge is 0.354 e. The number of amides is 2. The quantitative estimate of drug-likeness (QED) is 0.566. The molecule has 1 saturated heterocycles. The molecule has 2 atom stereocenters. The summed E-state index contributed by atoms with van der Waals surface area (Å²) in [6.07, 6.45) is 1.81. The lowest BCUT2D eigenvalue weighted by molar-refractivity contribution is -0.122. The second kappa shape index (κ2) is 4.95. The molecule has 1 aliphatic heterocycles. The topological polar surface area (TPSA) is 75.4 Å². The van der Waals surface area contributed by atoms with E-state index in [1.54, 1.807) is 11.8 Å². The van der Waals surface area contributed by atoms with E-state index in [-0.39, 0.29) is 5.91 Å². The molecular formula is C9H17N3O2. The van der Waals surface area contributed by atoms with Crippen molar-refractivity contribution in [1.82, 2.24) is 10.2 Å².